The molecule has 0 N–H and O–H groups in total. The maximum Gasteiger partial charge on any atom is 0.159 e. The summed E-state index contributed by atoms with van der Waals surface area (Å²) in [5, 5.41) is 12.5. The zero-order valence-electron chi connectivity index (χ0n) is 50.0. The molecule has 0 atom stereocenters. The van der Waals surface area contributed by atoms with Crippen LogP contribution in [0.25, 0.3) is 98.4 Å². The van der Waals surface area contributed by atoms with E-state index in [2.05, 4.69) is 244 Å². The van der Waals surface area contributed by atoms with E-state index in [4.69, 9.17) is 8.83 Å². The van der Waals surface area contributed by atoms with Crippen molar-refractivity contribution in [1.82, 2.24) is 0 Å². The van der Waals surface area contributed by atoms with Crippen molar-refractivity contribution in [2.24, 2.45) is 0 Å². The van der Waals surface area contributed by atoms with Crippen molar-refractivity contribution in [3.05, 3.63) is 240 Å². The first kappa shape index (κ1) is 52.4. The largest absolute Gasteiger partial charge is 0.453 e. The molecular weight excluding hydrogens is 1040 g/mol. The van der Waals surface area contributed by atoms with Crippen LogP contribution in [-0.2, 0) is 25.7 Å². The first-order valence-corrected chi connectivity index (χ1v) is 32.1. The minimum absolute atomic E-state index is 0.437. The lowest BCUT2D eigenvalue weighted by molar-refractivity contribution is 0.669. The molecule has 0 spiro atoms. The van der Waals surface area contributed by atoms with E-state index in [0.29, 0.717) is 11.8 Å². The van der Waals surface area contributed by atoms with Gasteiger partial charge in [-0.15, -0.1) is 0 Å². The lowest BCUT2D eigenvalue weighted by Crippen LogP contribution is -2.14. The fraction of sp³-hybridized carbons (Fsp3) is 0.220. The summed E-state index contributed by atoms with van der Waals surface area (Å²) in [4.78, 5) is 5.15. The van der Waals surface area contributed by atoms with Crippen molar-refractivity contribution in [3.8, 4) is 22.3 Å². The van der Waals surface area contributed by atoms with E-state index in [0.717, 1.165) is 103 Å². The van der Waals surface area contributed by atoms with Crippen LogP contribution in [-0.4, -0.2) is 0 Å². The van der Waals surface area contributed by atoms with Gasteiger partial charge in [0, 0.05) is 54.8 Å². The van der Waals surface area contributed by atoms with Crippen molar-refractivity contribution in [2.75, 3.05) is 9.80 Å². The van der Waals surface area contributed by atoms with Crippen LogP contribution < -0.4 is 9.80 Å². The van der Waals surface area contributed by atoms with Gasteiger partial charge < -0.3 is 18.6 Å². The van der Waals surface area contributed by atoms with E-state index < -0.39 is 0 Å². The molecule has 86 heavy (non-hydrogen) atoms. The van der Waals surface area contributed by atoms with Crippen LogP contribution in [0.1, 0.15) is 124 Å². The smallest absolute Gasteiger partial charge is 0.159 e. The number of rotatable bonds is 14. The Morgan fingerprint density at radius 2 is 0.686 bits per heavy atom. The Hall–Kier alpha value is -9.12. The predicted octanol–water partition coefficient (Wildman–Crippen LogP) is 24.2. The summed E-state index contributed by atoms with van der Waals surface area (Å²) in [5.41, 5.74) is 23.3. The van der Waals surface area contributed by atoms with E-state index >= 15 is 0 Å². The monoisotopic (exact) mass is 1120 g/mol. The van der Waals surface area contributed by atoms with Gasteiger partial charge in [-0.25, -0.2) is 0 Å². The fourth-order valence-electron chi connectivity index (χ4n) is 15.7. The van der Waals surface area contributed by atoms with Gasteiger partial charge in [-0.3, -0.25) is 0 Å². The molecule has 14 aromatic rings. The van der Waals surface area contributed by atoms with Crippen LogP contribution >= 0.6 is 0 Å². The fourth-order valence-corrected chi connectivity index (χ4v) is 15.7. The third-order valence-corrected chi connectivity index (χ3v) is 20.0. The number of furan rings is 2. The Kier molecular flexibility index (Phi) is 13.1. The van der Waals surface area contributed by atoms with Crippen molar-refractivity contribution >= 4 is 110 Å². The number of hydrogen-bond donors (Lipinski definition) is 0. The number of para-hydroxylation sites is 4. The second-order valence-corrected chi connectivity index (χ2v) is 24.6. The Balaban J connectivity index is 1.00. The van der Waals surface area contributed by atoms with Crippen LogP contribution in [0.15, 0.2) is 215 Å². The maximum absolute atomic E-state index is 7.45. The van der Waals surface area contributed by atoms with Crippen LogP contribution in [0.3, 0.4) is 0 Å². The molecule has 4 nitrogen and oxygen atoms in total. The van der Waals surface area contributed by atoms with E-state index in [1.165, 1.54) is 140 Å². The summed E-state index contributed by atoms with van der Waals surface area (Å²) in [6, 6.07) is 78.5. The minimum Gasteiger partial charge on any atom is -0.453 e. The highest BCUT2D eigenvalue weighted by Crippen LogP contribution is 2.56. The normalized spacial score (nSPS) is 14.2. The van der Waals surface area contributed by atoms with Gasteiger partial charge in [0.1, 0.15) is 11.2 Å². The molecule has 0 radical (unpaired) electrons. The number of benzene rings is 12. The SMILES string of the molecule is CCc1cccc(N(c2cc(C3CCCC3)c3ccc4c(N(c5cccc(CC)c5)c5cccc6c5oc5c(-c7ccccc7CC)cccc56)cc(C5CCCC5)c5ccc2c3c54)c2cccc3c2oc2c(-c4ccccc4CC)cccc23)c1. The molecule has 4 heteroatoms. The van der Waals surface area contributed by atoms with Crippen LogP contribution in [0.2, 0.25) is 0 Å². The molecule has 2 heterocycles. The average molecular weight is 1120 g/mol. The molecule has 2 fully saturated rings. The molecule has 0 bridgehead atoms. The second kappa shape index (κ2) is 21.4. The molecule has 0 unspecified atom stereocenters. The van der Waals surface area contributed by atoms with Crippen molar-refractivity contribution in [2.45, 2.75) is 117 Å². The molecule has 12 aromatic carbocycles. The molecule has 422 valence electrons. The zero-order chi connectivity index (χ0) is 57.6. The third-order valence-electron chi connectivity index (χ3n) is 20.0. The standard InChI is InChI=1S/C82H72N2O2/c1-5-51-23-17-31-57(47-51)83(73-41-21-39-67-65-37-19-35-63(79(65)85-81(67)73)59-33-15-13-25-53(59)7-3)75-49-71(55-27-9-10-28-55)61-44-46-70-76(50-72(56-29-11-12-30-56)62-43-45-69(75)77(61)78(62)70)84(58-32-18-24-52(6-2)48-58)74-42-22-40-68-66-38-20-36-64(80(66)86-82(68)74)60-34-16-14-26-54(60)8-4/h13-26,31-50,55-56H,5-12,27-30H2,1-4H3. The van der Waals surface area contributed by atoms with Crippen molar-refractivity contribution in [1.29, 1.82) is 0 Å². The highest BCUT2D eigenvalue weighted by atomic mass is 16.3. The second-order valence-electron chi connectivity index (χ2n) is 24.6. The topological polar surface area (TPSA) is 32.8 Å². The lowest BCUT2D eigenvalue weighted by atomic mass is 9.82. The number of fused-ring (bicyclic) bond motifs is 6. The summed E-state index contributed by atoms with van der Waals surface area (Å²) >= 11 is 0. The number of nitrogens with zero attached hydrogens (tertiary/aromatic N) is 2. The van der Waals surface area contributed by atoms with E-state index in [-0.39, 0.29) is 0 Å². The number of hydrogen-bond acceptors (Lipinski definition) is 4. The summed E-state index contributed by atoms with van der Waals surface area (Å²) in [6.07, 6.45) is 13.5. The van der Waals surface area contributed by atoms with E-state index in [9.17, 15) is 0 Å². The highest BCUT2D eigenvalue weighted by molar-refractivity contribution is 6.30. The van der Waals surface area contributed by atoms with Crippen molar-refractivity contribution in [3.63, 3.8) is 0 Å². The van der Waals surface area contributed by atoms with Crippen LogP contribution in [0, 0.1) is 0 Å². The minimum atomic E-state index is 0.437. The lowest BCUT2D eigenvalue weighted by Gasteiger charge is -2.32. The maximum atomic E-state index is 7.45. The molecule has 2 aliphatic rings. The molecule has 0 saturated heterocycles. The van der Waals surface area contributed by atoms with Gasteiger partial charge in [-0.05, 0) is 178 Å². The third kappa shape index (κ3) is 8.38. The molecule has 0 aliphatic heterocycles. The van der Waals surface area contributed by atoms with Crippen molar-refractivity contribution < 1.29 is 8.83 Å². The Morgan fingerprint density at radius 3 is 1.10 bits per heavy atom. The Bertz CT molecular complexity index is 4620. The van der Waals surface area contributed by atoms with E-state index in [1.54, 1.807) is 0 Å². The summed E-state index contributed by atoms with van der Waals surface area (Å²) in [6.45, 7) is 9.04. The van der Waals surface area contributed by atoms with Gasteiger partial charge in [0.25, 0.3) is 0 Å². The molecular formula is C82H72N2O2. The number of anilines is 6. The summed E-state index contributed by atoms with van der Waals surface area (Å²) in [5.74, 6) is 0.875. The summed E-state index contributed by atoms with van der Waals surface area (Å²) < 4.78 is 14.9. The van der Waals surface area contributed by atoms with Crippen LogP contribution in [0.5, 0.6) is 0 Å². The highest BCUT2D eigenvalue weighted by Gasteiger charge is 2.32. The zero-order valence-corrected chi connectivity index (χ0v) is 50.0. The van der Waals surface area contributed by atoms with Gasteiger partial charge in [-0.1, -0.05) is 211 Å². The van der Waals surface area contributed by atoms with Crippen LogP contribution in [0.4, 0.5) is 34.1 Å². The van der Waals surface area contributed by atoms with Gasteiger partial charge in [0.2, 0.25) is 0 Å². The quantitative estimate of drug-likeness (QED) is 0.102. The molecule has 2 aliphatic carbocycles. The first-order valence-electron chi connectivity index (χ1n) is 32.1. The molecule has 2 aromatic heterocycles. The predicted molar refractivity (Wildman–Crippen MR) is 365 cm³/mol. The first-order chi connectivity index (χ1) is 42.5. The van der Waals surface area contributed by atoms with Gasteiger partial charge >= 0.3 is 0 Å². The summed E-state index contributed by atoms with van der Waals surface area (Å²) in [7, 11) is 0. The molecule has 0 amide bonds. The van der Waals surface area contributed by atoms with Gasteiger partial charge in [0.15, 0.2) is 11.2 Å². The molecule has 16 rings (SSSR count). The van der Waals surface area contributed by atoms with Gasteiger partial charge in [0.05, 0.1) is 22.7 Å². The van der Waals surface area contributed by atoms with E-state index in [1.807, 2.05) is 0 Å². The number of aryl methyl sites for hydroxylation is 4. The average Bonchev–Trinajstić information content (AvgIpc) is 0.845. The molecule has 2 saturated carbocycles. The Morgan fingerprint density at radius 1 is 0.314 bits per heavy atom. The van der Waals surface area contributed by atoms with Gasteiger partial charge in [-0.2, -0.15) is 0 Å². The Labute approximate surface area is 504 Å².